The second kappa shape index (κ2) is 6.38. The fraction of sp³-hybridized carbons (Fsp3) is 0.0714. The number of halogens is 1. The first-order valence-corrected chi connectivity index (χ1v) is 8.31. The fourth-order valence-corrected chi connectivity index (χ4v) is 2.82. The summed E-state index contributed by atoms with van der Waals surface area (Å²) in [7, 11) is -3.78. The molecule has 0 heterocycles. The largest absolute Gasteiger partial charge is 0.273 e. The highest BCUT2D eigenvalue weighted by Gasteiger charge is 2.15. The first-order valence-electron chi connectivity index (χ1n) is 6.03. The van der Waals surface area contributed by atoms with E-state index in [1.165, 1.54) is 12.1 Å². The maximum absolute atomic E-state index is 12.0. The van der Waals surface area contributed by atoms with E-state index in [-0.39, 0.29) is 4.90 Å². The molecule has 0 aliphatic carbocycles. The van der Waals surface area contributed by atoms with E-state index < -0.39 is 15.9 Å². The summed E-state index contributed by atoms with van der Waals surface area (Å²) < 4.78 is 24.7. The van der Waals surface area contributed by atoms with Crippen molar-refractivity contribution in [3.8, 4) is 0 Å². The number of amides is 1. The highest BCUT2D eigenvalue weighted by molar-refractivity contribution is 9.10. The number of rotatable bonds is 4. The molecule has 2 N–H and O–H groups in total. The molecular formula is C14H13BrN2O3S. The number of aryl methyl sites for hydroxylation is 1. The summed E-state index contributed by atoms with van der Waals surface area (Å²) in [4.78, 5) is 14.1. The number of carbonyl (C=O) groups is 1. The van der Waals surface area contributed by atoms with Gasteiger partial charge in [-0.3, -0.25) is 10.2 Å². The number of nitrogens with one attached hydrogen (secondary N) is 2. The van der Waals surface area contributed by atoms with E-state index in [2.05, 4.69) is 26.2 Å². The molecule has 5 nitrogen and oxygen atoms in total. The van der Waals surface area contributed by atoms with Crippen LogP contribution in [0.15, 0.2) is 57.9 Å². The van der Waals surface area contributed by atoms with Crippen LogP contribution >= 0.6 is 15.9 Å². The third-order valence-corrected chi connectivity index (χ3v) is 4.90. The van der Waals surface area contributed by atoms with Gasteiger partial charge in [0.2, 0.25) is 0 Å². The van der Waals surface area contributed by atoms with Gasteiger partial charge in [-0.1, -0.05) is 40.2 Å². The second-order valence-corrected chi connectivity index (χ2v) is 6.87. The van der Waals surface area contributed by atoms with Crippen LogP contribution in [-0.4, -0.2) is 14.3 Å². The molecule has 110 valence electrons. The van der Waals surface area contributed by atoms with E-state index in [0.717, 1.165) is 10.0 Å². The van der Waals surface area contributed by atoms with Gasteiger partial charge in [0.15, 0.2) is 0 Å². The molecule has 0 aromatic heterocycles. The van der Waals surface area contributed by atoms with Gasteiger partial charge in [0, 0.05) is 10.0 Å². The zero-order valence-corrected chi connectivity index (χ0v) is 13.5. The van der Waals surface area contributed by atoms with E-state index in [4.69, 9.17) is 0 Å². The molecule has 21 heavy (non-hydrogen) atoms. The number of hydrazine groups is 1. The number of hydrogen-bond donors (Lipinski definition) is 2. The van der Waals surface area contributed by atoms with Gasteiger partial charge in [-0.25, -0.2) is 8.42 Å². The summed E-state index contributed by atoms with van der Waals surface area (Å²) >= 11 is 3.32. The topological polar surface area (TPSA) is 75.3 Å². The summed E-state index contributed by atoms with van der Waals surface area (Å²) in [5.41, 5.74) is 3.52. The fourth-order valence-electron chi connectivity index (χ4n) is 1.58. The van der Waals surface area contributed by atoms with Crippen molar-refractivity contribution in [3.63, 3.8) is 0 Å². The molecule has 2 rings (SSSR count). The van der Waals surface area contributed by atoms with Crippen molar-refractivity contribution < 1.29 is 13.2 Å². The first kappa shape index (κ1) is 15.7. The minimum Gasteiger partial charge on any atom is -0.273 e. The summed E-state index contributed by atoms with van der Waals surface area (Å²) in [6, 6.07) is 12.8. The predicted octanol–water partition coefficient (Wildman–Crippen LogP) is 2.38. The number of sulfonamides is 1. The van der Waals surface area contributed by atoms with E-state index in [0.29, 0.717) is 5.56 Å². The molecule has 0 fully saturated rings. The third kappa shape index (κ3) is 3.90. The monoisotopic (exact) mass is 368 g/mol. The minimum absolute atomic E-state index is 0.0791. The molecule has 2 aromatic rings. The Kier molecular flexibility index (Phi) is 4.76. The van der Waals surface area contributed by atoms with Gasteiger partial charge in [-0.2, -0.15) is 0 Å². The van der Waals surface area contributed by atoms with Crippen LogP contribution in [0, 0.1) is 6.92 Å². The minimum atomic E-state index is -3.78. The maximum atomic E-state index is 12.0. The van der Waals surface area contributed by atoms with Crippen LogP contribution in [0.25, 0.3) is 0 Å². The third-order valence-electron chi connectivity index (χ3n) is 2.79. The summed E-state index contributed by atoms with van der Waals surface area (Å²) in [5, 5.41) is 0. The van der Waals surface area contributed by atoms with Gasteiger partial charge in [0.25, 0.3) is 15.9 Å². The van der Waals surface area contributed by atoms with Crippen LogP contribution in [0.1, 0.15) is 15.9 Å². The Hall–Kier alpha value is -1.70. The quantitative estimate of drug-likeness (QED) is 0.813. The van der Waals surface area contributed by atoms with Gasteiger partial charge in [-0.05, 0) is 36.8 Å². The van der Waals surface area contributed by atoms with Gasteiger partial charge in [-0.15, -0.1) is 4.83 Å². The molecule has 0 saturated carbocycles. The molecule has 2 aromatic carbocycles. The van der Waals surface area contributed by atoms with Gasteiger partial charge < -0.3 is 0 Å². The Morgan fingerprint density at radius 3 is 2.38 bits per heavy atom. The zero-order valence-electron chi connectivity index (χ0n) is 11.1. The smallest absolute Gasteiger partial charge is 0.266 e. The maximum Gasteiger partial charge on any atom is 0.266 e. The Balaban J connectivity index is 2.09. The molecule has 0 spiro atoms. The zero-order chi connectivity index (χ0) is 15.5. The molecule has 0 atom stereocenters. The summed E-state index contributed by atoms with van der Waals surface area (Å²) in [6.45, 7) is 1.89. The van der Waals surface area contributed by atoms with Crippen LogP contribution in [-0.2, 0) is 10.0 Å². The lowest BCUT2D eigenvalue weighted by molar-refractivity contribution is 0.0945. The molecule has 0 saturated heterocycles. The lowest BCUT2D eigenvalue weighted by atomic mass is 10.1. The van der Waals surface area contributed by atoms with Crippen molar-refractivity contribution in [1.82, 2.24) is 10.3 Å². The standard InChI is InChI=1S/C14H13BrN2O3S/c1-10-7-8-11(9-13(10)15)14(18)16-17-21(19,20)12-5-3-2-4-6-12/h2-9,17H,1H3,(H,16,18). The van der Waals surface area contributed by atoms with Crippen molar-refractivity contribution in [3.05, 3.63) is 64.1 Å². The van der Waals surface area contributed by atoms with E-state index in [1.807, 2.05) is 6.92 Å². The molecule has 0 radical (unpaired) electrons. The van der Waals surface area contributed by atoms with E-state index in [1.54, 1.807) is 36.4 Å². The van der Waals surface area contributed by atoms with Crippen LogP contribution in [0.3, 0.4) is 0 Å². The average molecular weight is 369 g/mol. The Morgan fingerprint density at radius 1 is 1.10 bits per heavy atom. The molecule has 1 amide bonds. The molecule has 0 aliphatic rings. The van der Waals surface area contributed by atoms with Gasteiger partial charge >= 0.3 is 0 Å². The van der Waals surface area contributed by atoms with Crippen molar-refractivity contribution in [2.24, 2.45) is 0 Å². The highest BCUT2D eigenvalue weighted by atomic mass is 79.9. The lowest BCUT2D eigenvalue weighted by Gasteiger charge is -2.09. The van der Waals surface area contributed by atoms with Crippen molar-refractivity contribution in [2.75, 3.05) is 0 Å². The van der Waals surface area contributed by atoms with Gasteiger partial charge in [0.05, 0.1) is 4.90 Å². The van der Waals surface area contributed by atoms with Crippen LogP contribution in [0.2, 0.25) is 0 Å². The Morgan fingerprint density at radius 2 is 1.76 bits per heavy atom. The van der Waals surface area contributed by atoms with Crippen molar-refractivity contribution in [2.45, 2.75) is 11.8 Å². The molecule has 0 bridgehead atoms. The van der Waals surface area contributed by atoms with Crippen molar-refractivity contribution >= 4 is 31.9 Å². The SMILES string of the molecule is Cc1ccc(C(=O)NNS(=O)(=O)c2ccccc2)cc1Br. The Labute approximate surface area is 131 Å². The Bertz CT molecular complexity index is 761. The van der Waals surface area contributed by atoms with Crippen molar-refractivity contribution in [1.29, 1.82) is 0 Å². The normalized spacial score (nSPS) is 11.1. The number of benzene rings is 2. The van der Waals surface area contributed by atoms with E-state index in [9.17, 15) is 13.2 Å². The van der Waals surface area contributed by atoms with Crippen LogP contribution < -0.4 is 10.3 Å². The molecule has 7 heteroatoms. The average Bonchev–Trinajstić information content (AvgIpc) is 2.48. The molecule has 0 aliphatic heterocycles. The predicted molar refractivity (Wildman–Crippen MR) is 83.1 cm³/mol. The summed E-state index contributed by atoms with van der Waals surface area (Å²) in [6.07, 6.45) is 0. The van der Waals surface area contributed by atoms with Gasteiger partial charge in [0.1, 0.15) is 0 Å². The molecule has 0 unspecified atom stereocenters. The van der Waals surface area contributed by atoms with Crippen LogP contribution in [0.5, 0.6) is 0 Å². The highest BCUT2D eigenvalue weighted by Crippen LogP contribution is 2.17. The molecular weight excluding hydrogens is 356 g/mol. The summed E-state index contributed by atoms with van der Waals surface area (Å²) in [5.74, 6) is -0.532. The number of hydrogen-bond acceptors (Lipinski definition) is 3. The van der Waals surface area contributed by atoms with E-state index >= 15 is 0 Å². The van der Waals surface area contributed by atoms with Crippen LogP contribution in [0.4, 0.5) is 0 Å². The second-order valence-electron chi connectivity index (χ2n) is 4.34. The number of carbonyl (C=O) groups excluding carboxylic acids is 1. The lowest BCUT2D eigenvalue weighted by Crippen LogP contribution is -2.41. The first-order chi connectivity index (χ1) is 9.90.